The molecule has 0 saturated heterocycles. The van der Waals surface area contributed by atoms with E-state index < -0.39 is 0 Å². The van der Waals surface area contributed by atoms with Crippen LogP contribution in [0.2, 0.25) is 0 Å². The molecule has 0 aliphatic carbocycles. The zero-order chi connectivity index (χ0) is 10.1. The average molecular weight is 200 g/mol. The van der Waals surface area contributed by atoms with Crippen LogP contribution in [0.15, 0.2) is 31.4 Å². The lowest BCUT2D eigenvalue weighted by Gasteiger charge is -1.94. The third-order valence-electron chi connectivity index (χ3n) is 2.30. The van der Waals surface area contributed by atoms with Crippen LogP contribution < -0.4 is 0 Å². The Labute approximate surface area is 88.2 Å². The van der Waals surface area contributed by atoms with Gasteiger partial charge in [-0.3, -0.25) is 0 Å². The number of rotatable bonds is 2. The molecule has 2 rings (SSSR count). The summed E-state index contributed by atoms with van der Waals surface area (Å²) in [5.41, 5.74) is 2.50. The topological polar surface area (TPSA) is 0 Å². The molecular formula is C13H12S. The highest BCUT2D eigenvalue weighted by molar-refractivity contribution is 7.20. The fourth-order valence-corrected chi connectivity index (χ4v) is 2.65. The molecule has 0 aliphatic heterocycles. The quantitative estimate of drug-likeness (QED) is 0.669. The first kappa shape index (κ1) is 9.22. The van der Waals surface area contributed by atoms with E-state index in [0.717, 1.165) is 0 Å². The Morgan fingerprint density at radius 1 is 1.21 bits per heavy atom. The molecule has 1 aromatic heterocycles. The van der Waals surface area contributed by atoms with Crippen LogP contribution in [-0.4, -0.2) is 0 Å². The number of aryl methyl sites for hydroxylation is 1. The van der Waals surface area contributed by atoms with Crippen LogP contribution in [0.4, 0.5) is 0 Å². The van der Waals surface area contributed by atoms with Crippen molar-refractivity contribution >= 4 is 33.6 Å². The van der Waals surface area contributed by atoms with Crippen molar-refractivity contribution in [2.45, 2.75) is 6.92 Å². The lowest BCUT2D eigenvalue weighted by atomic mass is 10.1. The van der Waals surface area contributed by atoms with Crippen molar-refractivity contribution < 1.29 is 0 Å². The third-order valence-corrected chi connectivity index (χ3v) is 3.48. The van der Waals surface area contributed by atoms with Gasteiger partial charge in [0.1, 0.15) is 0 Å². The first-order chi connectivity index (χ1) is 6.76. The standard InChI is InChI=1S/C13H12S/c1-4-10-11-8-9(3)6-7-13(11)14-12(10)5-2/h4-8H,1-2H2,3H3. The molecule has 70 valence electrons. The van der Waals surface area contributed by atoms with Gasteiger partial charge in [-0.2, -0.15) is 0 Å². The van der Waals surface area contributed by atoms with Crippen molar-refractivity contribution in [2.24, 2.45) is 0 Å². The second kappa shape index (κ2) is 3.43. The molecule has 0 saturated carbocycles. The van der Waals surface area contributed by atoms with E-state index in [4.69, 9.17) is 0 Å². The van der Waals surface area contributed by atoms with Gasteiger partial charge in [-0.05, 0) is 24.6 Å². The highest BCUT2D eigenvalue weighted by Crippen LogP contribution is 2.33. The van der Waals surface area contributed by atoms with Crippen LogP contribution in [0.1, 0.15) is 16.0 Å². The van der Waals surface area contributed by atoms with Crippen molar-refractivity contribution in [3.63, 3.8) is 0 Å². The van der Waals surface area contributed by atoms with Crippen molar-refractivity contribution in [2.75, 3.05) is 0 Å². The number of hydrogen-bond donors (Lipinski definition) is 0. The maximum atomic E-state index is 3.85. The molecule has 0 nitrogen and oxygen atoms in total. The monoisotopic (exact) mass is 200 g/mol. The lowest BCUT2D eigenvalue weighted by molar-refractivity contribution is 1.51. The molecule has 0 amide bonds. The summed E-state index contributed by atoms with van der Waals surface area (Å²) in [6.07, 6.45) is 3.81. The molecular weight excluding hydrogens is 188 g/mol. The van der Waals surface area contributed by atoms with Gasteiger partial charge < -0.3 is 0 Å². The highest BCUT2D eigenvalue weighted by Gasteiger charge is 2.06. The number of fused-ring (bicyclic) bond motifs is 1. The van der Waals surface area contributed by atoms with Gasteiger partial charge >= 0.3 is 0 Å². The highest BCUT2D eigenvalue weighted by atomic mass is 32.1. The molecule has 2 aromatic rings. The molecule has 0 radical (unpaired) electrons. The van der Waals surface area contributed by atoms with Crippen molar-refractivity contribution in [3.8, 4) is 0 Å². The van der Waals surface area contributed by atoms with Gasteiger partial charge in [0.25, 0.3) is 0 Å². The molecule has 0 atom stereocenters. The number of thiophene rings is 1. The number of hydrogen-bond acceptors (Lipinski definition) is 1. The minimum Gasteiger partial charge on any atom is -0.135 e. The summed E-state index contributed by atoms with van der Waals surface area (Å²) in [6, 6.07) is 6.50. The summed E-state index contributed by atoms with van der Waals surface area (Å²) in [5.74, 6) is 0. The molecule has 0 aliphatic rings. The smallest absolute Gasteiger partial charge is 0.0355 e. The summed E-state index contributed by atoms with van der Waals surface area (Å²) in [7, 11) is 0. The van der Waals surface area contributed by atoms with Crippen molar-refractivity contribution in [1.29, 1.82) is 0 Å². The van der Waals surface area contributed by atoms with Crippen LogP contribution in [0.3, 0.4) is 0 Å². The zero-order valence-electron chi connectivity index (χ0n) is 8.21. The molecule has 0 unspecified atom stereocenters. The first-order valence-electron chi connectivity index (χ1n) is 4.54. The Hall–Kier alpha value is -1.34. The van der Waals surface area contributed by atoms with E-state index in [0.29, 0.717) is 0 Å². The molecule has 14 heavy (non-hydrogen) atoms. The first-order valence-corrected chi connectivity index (χ1v) is 5.36. The van der Waals surface area contributed by atoms with E-state index in [1.807, 2.05) is 12.2 Å². The summed E-state index contributed by atoms with van der Waals surface area (Å²) in [4.78, 5) is 1.21. The van der Waals surface area contributed by atoms with Crippen LogP contribution in [-0.2, 0) is 0 Å². The van der Waals surface area contributed by atoms with E-state index in [1.54, 1.807) is 11.3 Å². The van der Waals surface area contributed by atoms with E-state index in [9.17, 15) is 0 Å². The van der Waals surface area contributed by atoms with Crippen LogP contribution >= 0.6 is 11.3 Å². The maximum Gasteiger partial charge on any atom is 0.0355 e. The van der Waals surface area contributed by atoms with Crippen LogP contribution in [0.5, 0.6) is 0 Å². The van der Waals surface area contributed by atoms with E-state index in [2.05, 4.69) is 38.3 Å². The van der Waals surface area contributed by atoms with Gasteiger partial charge in [-0.25, -0.2) is 0 Å². The molecule has 1 aromatic carbocycles. The molecule has 0 spiro atoms. The van der Waals surface area contributed by atoms with Crippen LogP contribution in [0.25, 0.3) is 22.2 Å². The van der Waals surface area contributed by atoms with E-state index in [1.165, 1.54) is 26.1 Å². The van der Waals surface area contributed by atoms with E-state index in [-0.39, 0.29) is 0 Å². The Bertz CT molecular complexity index is 503. The fourth-order valence-electron chi connectivity index (χ4n) is 1.61. The average Bonchev–Trinajstić information content (AvgIpc) is 2.54. The minimum absolute atomic E-state index is 1.21. The molecule has 0 fully saturated rings. The Kier molecular flexibility index (Phi) is 2.26. The van der Waals surface area contributed by atoms with Crippen LogP contribution in [0, 0.1) is 6.92 Å². The van der Waals surface area contributed by atoms with Gasteiger partial charge in [-0.15, -0.1) is 11.3 Å². The molecule has 1 heterocycles. The van der Waals surface area contributed by atoms with Crippen molar-refractivity contribution in [1.82, 2.24) is 0 Å². The summed E-state index contributed by atoms with van der Waals surface area (Å²) >= 11 is 1.77. The minimum atomic E-state index is 1.21. The number of benzene rings is 1. The van der Waals surface area contributed by atoms with Gasteiger partial charge in [0.2, 0.25) is 0 Å². The van der Waals surface area contributed by atoms with Gasteiger partial charge in [0, 0.05) is 15.0 Å². The lowest BCUT2D eigenvalue weighted by Crippen LogP contribution is -1.73. The summed E-state index contributed by atoms with van der Waals surface area (Å²) in [6.45, 7) is 9.78. The zero-order valence-corrected chi connectivity index (χ0v) is 9.03. The summed E-state index contributed by atoms with van der Waals surface area (Å²) in [5, 5.41) is 1.29. The summed E-state index contributed by atoms with van der Waals surface area (Å²) < 4.78 is 1.31. The predicted octanol–water partition coefficient (Wildman–Crippen LogP) is 4.50. The largest absolute Gasteiger partial charge is 0.135 e. The second-order valence-electron chi connectivity index (χ2n) is 3.29. The van der Waals surface area contributed by atoms with Gasteiger partial charge in [-0.1, -0.05) is 36.9 Å². The SMILES string of the molecule is C=Cc1sc2ccc(C)cc2c1C=C. The Balaban J connectivity index is 2.87. The molecule has 1 heteroatoms. The Morgan fingerprint density at radius 3 is 2.64 bits per heavy atom. The van der Waals surface area contributed by atoms with Gasteiger partial charge in [0.15, 0.2) is 0 Å². The van der Waals surface area contributed by atoms with Crippen molar-refractivity contribution in [3.05, 3.63) is 47.4 Å². The van der Waals surface area contributed by atoms with Gasteiger partial charge in [0.05, 0.1) is 0 Å². The third kappa shape index (κ3) is 1.30. The normalized spacial score (nSPS) is 10.4. The predicted molar refractivity (Wildman–Crippen MR) is 66.7 cm³/mol. The molecule has 0 bridgehead atoms. The fraction of sp³-hybridized carbons (Fsp3) is 0.0769. The maximum absolute atomic E-state index is 3.85. The Morgan fingerprint density at radius 2 is 2.00 bits per heavy atom. The van der Waals surface area contributed by atoms with E-state index >= 15 is 0 Å². The molecule has 0 N–H and O–H groups in total. The second-order valence-corrected chi connectivity index (χ2v) is 4.37.